The van der Waals surface area contributed by atoms with Crippen LogP contribution in [0.1, 0.15) is 53.4 Å². The number of ether oxygens (including phenoxy) is 1. The molecule has 2 amide bonds. The monoisotopic (exact) mass is 352 g/mol. The Labute approximate surface area is 150 Å². The van der Waals surface area contributed by atoms with Gasteiger partial charge in [-0.15, -0.1) is 0 Å². The highest BCUT2D eigenvalue weighted by atomic mass is 16.5. The van der Waals surface area contributed by atoms with E-state index in [-0.39, 0.29) is 30.9 Å². The van der Waals surface area contributed by atoms with Crippen LogP contribution < -0.4 is 5.32 Å². The van der Waals surface area contributed by atoms with E-state index in [0.29, 0.717) is 30.8 Å². The van der Waals surface area contributed by atoms with Gasteiger partial charge in [0.2, 0.25) is 5.91 Å². The fourth-order valence-corrected chi connectivity index (χ4v) is 3.83. The van der Waals surface area contributed by atoms with Gasteiger partial charge in [0.05, 0.1) is 5.92 Å². The van der Waals surface area contributed by atoms with Gasteiger partial charge in [-0.3, -0.25) is 14.4 Å². The number of esters is 1. The lowest BCUT2D eigenvalue weighted by Crippen LogP contribution is -2.45. The minimum absolute atomic E-state index is 0.0390. The zero-order chi connectivity index (χ0) is 18.6. The van der Waals surface area contributed by atoms with Gasteiger partial charge in [0, 0.05) is 25.6 Å². The second-order valence-corrected chi connectivity index (χ2v) is 8.09. The van der Waals surface area contributed by atoms with Crippen molar-refractivity contribution in [2.24, 2.45) is 23.7 Å². The molecule has 0 aromatic carbocycles. The molecule has 4 atom stereocenters. The minimum atomic E-state index is -0.449. The summed E-state index contributed by atoms with van der Waals surface area (Å²) in [6, 6.07) is 0.225. The molecule has 1 saturated carbocycles. The van der Waals surface area contributed by atoms with Crippen LogP contribution in [0, 0.1) is 23.7 Å². The molecule has 6 nitrogen and oxygen atoms in total. The first-order valence-corrected chi connectivity index (χ1v) is 9.52. The average Bonchev–Trinajstić information content (AvgIpc) is 2.95. The van der Waals surface area contributed by atoms with Gasteiger partial charge in [-0.25, -0.2) is 0 Å². The summed E-state index contributed by atoms with van der Waals surface area (Å²) in [6.07, 6.45) is 3.54. The molecule has 2 fully saturated rings. The van der Waals surface area contributed by atoms with Crippen LogP contribution in [0.3, 0.4) is 0 Å². The molecular weight excluding hydrogens is 320 g/mol. The van der Waals surface area contributed by atoms with Crippen molar-refractivity contribution < 1.29 is 19.1 Å². The van der Waals surface area contributed by atoms with Gasteiger partial charge in [0.25, 0.3) is 5.91 Å². The summed E-state index contributed by atoms with van der Waals surface area (Å²) >= 11 is 0. The maximum absolute atomic E-state index is 12.4. The van der Waals surface area contributed by atoms with Gasteiger partial charge >= 0.3 is 5.97 Å². The summed E-state index contributed by atoms with van der Waals surface area (Å²) in [5, 5.41) is 2.71. The molecule has 1 N–H and O–H groups in total. The van der Waals surface area contributed by atoms with E-state index in [9.17, 15) is 14.4 Å². The van der Waals surface area contributed by atoms with Crippen LogP contribution in [-0.4, -0.2) is 48.4 Å². The molecule has 6 heteroatoms. The van der Waals surface area contributed by atoms with E-state index in [0.717, 1.165) is 12.8 Å². The Morgan fingerprint density at radius 1 is 1.28 bits per heavy atom. The number of nitrogens with one attached hydrogen (secondary N) is 1. The molecule has 2 rings (SSSR count). The number of likely N-dealkylation sites (tertiary alicyclic amines) is 1. The van der Waals surface area contributed by atoms with E-state index in [2.05, 4.69) is 19.2 Å². The lowest BCUT2D eigenvalue weighted by molar-refractivity contribution is -0.152. The van der Waals surface area contributed by atoms with Gasteiger partial charge in [-0.2, -0.15) is 0 Å². The molecule has 142 valence electrons. The van der Waals surface area contributed by atoms with Gasteiger partial charge < -0.3 is 15.0 Å². The zero-order valence-electron chi connectivity index (χ0n) is 15.9. The predicted octanol–water partition coefficient (Wildman–Crippen LogP) is 1.97. The first-order valence-electron chi connectivity index (χ1n) is 9.52. The SMILES string of the molecule is CC(C)CNC(=O)COC(=O)[C@@H]1CC(=O)N([C@@H]2CCC[C@H](C)[C@H]2C)C1. The number of nitrogens with zero attached hydrogens (tertiary/aromatic N) is 1. The summed E-state index contributed by atoms with van der Waals surface area (Å²) in [4.78, 5) is 38.2. The zero-order valence-corrected chi connectivity index (χ0v) is 15.9. The van der Waals surface area contributed by atoms with Crippen LogP contribution in [0.15, 0.2) is 0 Å². The number of hydrogen-bond acceptors (Lipinski definition) is 4. The second-order valence-electron chi connectivity index (χ2n) is 8.09. The Morgan fingerprint density at radius 2 is 2.00 bits per heavy atom. The number of carbonyl (C=O) groups is 3. The Morgan fingerprint density at radius 3 is 2.68 bits per heavy atom. The molecule has 0 unspecified atom stereocenters. The fraction of sp³-hybridized carbons (Fsp3) is 0.842. The Balaban J connectivity index is 1.83. The van der Waals surface area contributed by atoms with Crippen LogP contribution in [0.4, 0.5) is 0 Å². The highest BCUT2D eigenvalue weighted by Crippen LogP contribution is 2.35. The van der Waals surface area contributed by atoms with Crippen molar-refractivity contribution in [3.05, 3.63) is 0 Å². The van der Waals surface area contributed by atoms with Crippen molar-refractivity contribution >= 4 is 17.8 Å². The summed E-state index contributed by atoms with van der Waals surface area (Å²) in [5.41, 5.74) is 0. The smallest absolute Gasteiger partial charge is 0.311 e. The third-order valence-electron chi connectivity index (χ3n) is 5.61. The van der Waals surface area contributed by atoms with Crippen molar-refractivity contribution in [2.45, 2.75) is 59.4 Å². The van der Waals surface area contributed by atoms with Crippen molar-refractivity contribution in [3.8, 4) is 0 Å². The third-order valence-corrected chi connectivity index (χ3v) is 5.61. The van der Waals surface area contributed by atoms with Crippen LogP contribution in [0.5, 0.6) is 0 Å². The van der Waals surface area contributed by atoms with Crippen LogP contribution >= 0.6 is 0 Å². The number of amides is 2. The Hall–Kier alpha value is -1.59. The summed E-state index contributed by atoms with van der Waals surface area (Å²) in [7, 11) is 0. The summed E-state index contributed by atoms with van der Waals surface area (Å²) < 4.78 is 5.12. The highest BCUT2D eigenvalue weighted by molar-refractivity contribution is 5.88. The first kappa shape index (κ1) is 19.7. The molecule has 0 spiro atoms. The highest BCUT2D eigenvalue weighted by Gasteiger charge is 2.42. The Kier molecular flexibility index (Phi) is 6.85. The molecule has 1 aliphatic carbocycles. The molecule has 1 saturated heterocycles. The van der Waals surface area contributed by atoms with Gasteiger partial charge in [0.1, 0.15) is 0 Å². The minimum Gasteiger partial charge on any atom is -0.455 e. The van der Waals surface area contributed by atoms with Crippen molar-refractivity contribution in [1.29, 1.82) is 0 Å². The Bertz CT molecular complexity index is 506. The first-order chi connectivity index (χ1) is 11.8. The van der Waals surface area contributed by atoms with Crippen LogP contribution in [-0.2, 0) is 19.1 Å². The summed E-state index contributed by atoms with van der Waals surface area (Å²) in [6.45, 7) is 9.14. The molecule has 0 aromatic heterocycles. The van der Waals surface area contributed by atoms with Gasteiger partial charge in [-0.1, -0.05) is 40.5 Å². The van der Waals surface area contributed by atoms with E-state index < -0.39 is 11.9 Å². The molecular formula is C19H32N2O4. The molecule has 1 heterocycles. The van der Waals surface area contributed by atoms with Crippen LogP contribution in [0.25, 0.3) is 0 Å². The number of hydrogen-bond donors (Lipinski definition) is 1. The lowest BCUT2D eigenvalue weighted by atomic mass is 9.77. The normalized spacial score (nSPS) is 29.8. The molecule has 0 bridgehead atoms. The predicted molar refractivity (Wildman–Crippen MR) is 94.6 cm³/mol. The van der Waals surface area contributed by atoms with Crippen LogP contribution in [0.2, 0.25) is 0 Å². The van der Waals surface area contributed by atoms with Gasteiger partial charge in [0.15, 0.2) is 6.61 Å². The molecule has 1 aliphatic heterocycles. The largest absolute Gasteiger partial charge is 0.455 e. The quantitative estimate of drug-likeness (QED) is 0.742. The third kappa shape index (κ3) is 5.19. The topological polar surface area (TPSA) is 75.7 Å². The van der Waals surface area contributed by atoms with E-state index >= 15 is 0 Å². The molecule has 0 radical (unpaired) electrons. The number of carbonyl (C=O) groups excluding carboxylic acids is 3. The lowest BCUT2D eigenvalue weighted by Gasteiger charge is -2.39. The van der Waals surface area contributed by atoms with E-state index in [1.54, 1.807) is 0 Å². The summed E-state index contributed by atoms with van der Waals surface area (Å²) in [5.74, 6) is 0.258. The van der Waals surface area contributed by atoms with E-state index in [1.807, 2.05) is 18.7 Å². The van der Waals surface area contributed by atoms with E-state index in [4.69, 9.17) is 4.74 Å². The average molecular weight is 352 g/mol. The molecule has 2 aliphatic rings. The van der Waals surface area contributed by atoms with Crippen molar-refractivity contribution in [1.82, 2.24) is 10.2 Å². The maximum Gasteiger partial charge on any atom is 0.311 e. The standard InChI is InChI=1S/C19H32N2O4/c1-12(2)9-20-17(22)11-25-19(24)15-8-18(23)21(10-15)16-7-5-6-13(3)14(16)4/h12-16H,5-11H2,1-4H3,(H,20,22)/t13-,14+,15+,16+/m0/s1. The van der Waals surface area contributed by atoms with Crippen molar-refractivity contribution in [2.75, 3.05) is 19.7 Å². The molecule has 25 heavy (non-hydrogen) atoms. The van der Waals surface area contributed by atoms with Gasteiger partial charge in [-0.05, 0) is 24.2 Å². The van der Waals surface area contributed by atoms with Crippen molar-refractivity contribution in [3.63, 3.8) is 0 Å². The van der Waals surface area contributed by atoms with E-state index in [1.165, 1.54) is 6.42 Å². The molecule has 0 aromatic rings. The second kappa shape index (κ2) is 8.68. The number of rotatable bonds is 6. The maximum atomic E-state index is 12.4. The fourth-order valence-electron chi connectivity index (χ4n) is 3.83.